The molecule has 0 saturated heterocycles. The van der Waals surface area contributed by atoms with Crippen molar-refractivity contribution in [1.82, 2.24) is 9.97 Å². The molecule has 1 aromatic rings. The van der Waals surface area contributed by atoms with Gasteiger partial charge in [0.15, 0.2) is 5.69 Å². The van der Waals surface area contributed by atoms with Gasteiger partial charge >= 0.3 is 18.1 Å². The van der Waals surface area contributed by atoms with Gasteiger partial charge in [-0.15, -0.1) is 6.58 Å². The average molecular weight is 351 g/mol. The van der Waals surface area contributed by atoms with Gasteiger partial charge in [0.2, 0.25) is 11.8 Å². The molecule has 1 rings (SSSR count). The van der Waals surface area contributed by atoms with E-state index in [-0.39, 0.29) is 23.6 Å². The molecule has 0 amide bonds. The van der Waals surface area contributed by atoms with Crippen molar-refractivity contribution >= 4 is 17.9 Å². The molecule has 0 saturated carbocycles. The molecule has 1 unspecified atom stereocenters. The number of hydrogen-bond acceptors (Lipinski definition) is 6. The Labute approximate surface area is 135 Å². The highest BCUT2D eigenvalue weighted by molar-refractivity contribution is 5.86. The standard InChI is InChI=1S/C11H15N3O3.C2HF3O2/c1-4-5-7(2)12-11-13-8(10(15)16)6-9(14-11)17-3;3-2(4,5)1(6)7/h4,6-7H,1,5H2,2-3H3,(H,15,16)(H,12,13,14);(H,6,7). The zero-order valence-electron chi connectivity index (χ0n) is 12.8. The number of anilines is 1. The van der Waals surface area contributed by atoms with Crippen molar-refractivity contribution < 1.29 is 37.7 Å². The third-order valence-corrected chi connectivity index (χ3v) is 2.27. The first-order valence-electron chi connectivity index (χ1n) is 6.35. The smallest absolute Gasteiger partial charge is 0.481 e. The summed E-state index contributed by atoms with van der Waals surface area (Å²) in [6.45, 7) is 5.54. The van der Waals surface area contributed by atoms with E-state index in [9.17, 15) is 18.0 Å². The minimum absolute atomic E-state index is 0.0706. The molecule has 3 N–H and O–H groups in total. The van der Waals surface area contributed by atoms with Crippen molar-refractivity contribution in [2.24, 2.45) is 0 Å². The predicted octanol–water partition coefficient (Wildman–Crippen LogP) is 2.19. The van der Waals surface area contributed by atoms with Crippen LogP contribution in [0, 0.1) is 0 Å². The molecule has 134 valence electrons. The number of aliphatic carboxylic acids is 1. The first-order valence-corrected chi connectivity index (χ1v) is 6.35. The van der Waals surface area contributed by atoms with Crippen LogP contribution in [0.4, 0.5) is 19.1 Å². The fraction of sp³-hybridized carbons (Fsp3) is 0.385. The third-order valence-electron chi connectivity index (χ3n) is 2.27. The molecule has 1 atom stereocenters. The maximum Gasteiger partial charge on any atom is 0.490 e. The van der Waals surface area contributed by atoms with Crippen LogP contribution in [0.1, 0.15) is 23.8 Å². The van der Waals surface area contributed by atoms with Crippen LogP contribution < -0.4 is 10.1 Å². The van der Waals surface area contributed by atoms with Crippen LogP contribution in [0.25, 0.3) is 0 Å². The van der Waals surface area contributed by atoms with E-state index >= 15 is 0 Å². The number of aromatic nitrogens is 2. The van der Waals surface area contributed by atoms with Gasteiger partial charge in [0, 0.05) is 12.1 Å². The third kappa shape index (κ3) is 7.96. The number of alkyl halides is 3. The summed E-state index contributed by atoms with van der Waals surface area (Å²) in [6.07, 6.45) is -2.60. The second-order valence-electron chi connectivity index (χ2n) is 4.30. The second-order valence-corrected chi connectivity index (χ2v) is 4.30. The highest BCUT2D eigenvalue weighted by Crippen LogP contribution is 2.14. The lowest BCUT2D eigenvalue weighted by molar-refractivity contribution is -0.192. The first-order chi connectivity index (χ1) is 11.0. The second kappa shape index (κ2) is 9.33. The number of aromatic carboxylic acids is 1. The van der Waals surface area contributed by atoms with Gasteiger partial charge in [0.05, 0.1) is 7.11 Å². The number of nitrogens with one attached hydrogen (secondary N) is 1. The Morgan fingerprint density at radius 3 is 2.33 bits per heavy atom. The molecule has 0 aliphatic rings. The van der Waals surface area contributed by atoms with Crippen LogP contribution in [0.5, 0.6) is 5.88 Å². The first kappa shape index (κ1) is 21.1. The quantitative estimate of drug-likeness (QED) is 0.667. The van der Waals surface area contributed by atoms with Gasteiger partial charge in [-0.25, -0.2) is 14.6 Å². The van der Waals surface area contributed by atoms with Gasteiger partial charge in [-0.05, 0) is 13.3 Å². The van der Waals surface area contributed by atoms with Crippen LogP contribution in [0.3, 0.4) is 0 Å². The van der Waals surface area contributed by atoms with E-state index in [1.54, 1.807) is 6.08 Å². The van der Waals surface area contributed by atoms with Crippen LogP contribution in [-0.4, -0.2) is 51.4 Å². The molecule has 11 heteroatoms. The number of carboxylic acids is 2. The van der Waals surface area contributed by atoms with Crippen molar-refractivity contribution in [2.45, 2.75) is 25.6 Å². The summed E-state index contributed by atoms with van der Waals surface area (Å²) in [6, 6.07) is 1.34. The summed E-state index contributed by atoms with van der Waals surface area (Å²) in [5.74, 6) is -3.43. The van der Waals surface area contributed by atoms with Gasteiger partial charge in [-0.3, -0.25) is 0 Å². The van der Waals surface area contributed by atoms with E-state index < -0.39 is 18.1 Å². The summed E-state index contributed by atoms with van der Waals surface area (Å²) >= 11 is 0. The molecule has 24 heavy (non-hydrogen) atoms. The van der Waals surface area contributed by atoms with Crippen LogP contribution in [0.2, 0.25) is 0 Å². The number of methoxy groups -OCH3 is 1. The lowest BCUT2D eigenvalue weighted by Gasteiger charge is -2.12. The van der Waals surface area contributed by atoms with Gasteiger partial charge < -0.3 is 20.3 Å². The zero-order valence-corrected chi connectivity index (χ0v) is 12.8. The Balaban J connectivity index is 0.000000640. The van der Waals surface area contributed by atoms with E-state index in [4.69, 9.17) is 19.7 Å². The SMILES string of the molecule is C=CCC(C)Nc1nc(OC)cc(C(=O)O)n1.O=C(O)C(F)(F)F. The fourth-order valence-electron chi connectivity index (χ4n) is 1.23. The van der Waals surface area contributed by atoms with Crippen LogP contribution >= 0.6 is 0 Å². The van der Waals surface area contributed by atoms with E-state index in [2.05, 4.69) is 21.9 Å². The Bertz CT molecular complexity index is 593. The normalized spacial score (nSPS) is 11.5. The van der Waals surface area contributed by atoms with Gasteiger partial charge in [-0.1, -0.05) is 6.08 Å². The lowest BCUT2D eigenvalue weighted by atomic mass is 10.2. The number of rotatable bonds is 6. The summed E-state index contributed by atoms with van der Waals surface area (Å²) in [7, 11) is 1.42. The summed E-state index contributed by atoms with van der Waals surface area (Å²) in [5.41, 5.74) is -0.106. The average Bonchev–Trinajstić information content (AvgIpc) is 2.46. The van der Waals surface area contributed by atoms with Crippen LogP contribution in [-0.2, 0) is 4.79 Å². The summed E-state index contributed by atoms with van der Waals surface area (Å²) in [5, 5.41) is 19.0. The highest BCUT2D eigenvalue weighted by atomic mass is 19.4. The lowest BCUT2D eigenvalue weighted by Crippen LogP contribution is -2.21. The minimum Gasteiger partial charge on any atom is -0.481 e. The van der Waals surface area contributed by atoms with E-state index in [1.165, 1.54) is 13.2 Å². The maximum atomic E-state index is 10.8. The van der Waals surface area contributed by atoms with Crippen LogP contribution in [0.15, 0.2) is 18.7 Å². The monoisotopic (exact) mass is 351 g/mol. The number of ether oxygens (including phenoxy) is 1. The molecule has 0 aliphatic heterocycles. The molecule has 0 aromatic carbocycles. The van der Waals surface area contributed by atoms with E-state index in [0.717, 1.165) is 6.42 Å². The Hall–Kier alpha value is -2.85. The molecule has 0 fully saturated rings. The topological polar surface area (TPSA) is 122 Å². The fourth-order valence-corrected chi connectivity index (χ4v) is 1.23. The summed E-state index contributed by atoms with van der Waals surface area (Å²) in [4.78, 5) is 27.6. The van der Waals surface area contributed by atoms with E-state index in [0.29, 0.717) is 0 Å². The summed E-state index contributed by atoms with van der Waals surface area (Å²) < 4.78 is 36.6. The molecule has 0 bridgehead atoms. The van der Waals surface area contributed by atoms with Crippen molar-refractivity contribution in [3.8, 4) is 5.88 Å². The van der Waals surface area contributed by atoms with Crippen molar-refractivity contribution in [3.05, 3.63) is 24.4 Å². The number of carboxylic acid groups (broad SMARTS) is 2. The van der Waals surface area contributed by atoms with E-state index in [1.807, 2.05) is 6.92 Å². The van der Waals surface area contributed by atoms with Crippen molar-refractivity contribution in [1.29, 1.82) is 0 Å². The molecule has 1 aromatic heterocycles. The number of carbonyl (C=O) groups is 2. The Morgan fingerprint density at radius 2 is 1.96 bits per heavy atom. The molecule has 8 nitrogen and oxygen atoms in total. The number of nitrogens with zero attached hydrogens (tertiary/aromatic N) is 2. The Morgan fingerprint density at radius 1 is 1.42 bits per heavy atom. The maximum absolute atomic E-state index is 10.8. The molecular formula is C13H16F3N3O5. The Kier molecular flexibility index (Phi) is 8.22. The van der Waals surface area contributed by atoms with Gasteiger partial charge in [0.1, 0.15) is 0 Å². The largest absolute Gasteiger partial charge is 0.490 e. The molecule has 0 radical (unpaired) electrons. The van der Waals surface area contributed by atoms with Crippen molar-refractivity contribution in [2.75, 3.05) is 12.4 Å². The number of halogens is 3. The predicted molar refractivity (Wildman–Crippen MR) is 77.1 cm³/mol. The van der Waals surface area contributed by atoms with Gasteiger partial charge in [0.25, 0.3) is 0 Å². The van der Waals surface area contributed by atoms with Crippen molar-refractivity contribution in [3.63, 3.8) is 0 Å². The number of hydrogen-bond donors (Lipinski definition) is 3. The molecule has 1 heterocycles. The zero-order chi connectivity index (χ0) is 18.9. The molecule has 0 aliphatic carbocycles. The molecule has 0 spiro atoms. The molecular weight excluding hydrogens is 335 g/mol. The highest BCUT2D eigenvalue weighted by Gasteiger charge is 2.38. The minimum atomic E-state index is -5.08. The van der Waals surface area contributed by atoms with Gasteiger partial charge in [-0.2, -0.15) is 18.2 Å².